The molecular formula is C19H18ClN3O5S. The van der Waals surface area contributed by atoms with Crippen molar-refractivity contribution in [3.05, 3.63) is 63.9 Å². The van der Waals surface area contributed by atoms with Crippen molar-refractivity contribution in [1.29, 1.82) is 0 Å². The molecule has 0 saturated heterocycles. The van der Waals surface area contributed by atoms with E-state index in [-0.39, 0.29) is 29.3 Å². The Hall–Kier alpha value is -2.88. The molecule has 3 aromatic rings. The minimum Gasteiger partial charge on any atom is -0.495 e. The number of fused-ring (bicyclic) bond motifs is 1. The van der Waals surface area contributed by atoms with Crippen molar-refractivity contribution in [2.45, 2.75) is 11.3 Å². The SMILES string of the molecule is COc1ccc(NC(=O)CCNS(=O)(=O)c2ccc3[nH]c(=O)ccc3c2)cc1Cl. The van der Waals surface area contributed by atoms with Gasteiger partial charge in [0.15, 0.2) is 0 Å². The maximum absolute atomic E-state index is 12.5. The average molecular weight is 436 g/mol. The molecule has 0 atom stereocenters. The van der Waals surface area contributed by atoms with Gasteiger partial charge >= 0.3 is 0 Å². The van der Waals surface area contributed by atoms with Crippen LogP contribution in [0.25, 0.3) is 10.9 Å². The average Bonchev–Trinajstić information content (AvgIpc) is 2.67. The lowest BCUT2D eigenvalue weighted by Crippen LogP contribution is -2.27. The van der Waals surface area contributed by atoms with Gasteiger partial charge in [-0.1, -0.05) is 11.6 Å². The monoisotopic (exact) mass is 435 g/mol. The molecule has 3 N–H and O–H groups in total. The van der Waals surface area contributed by atoms with E-state index < -0.39 is 10.0 Å². The van der Waals surface area contributed by atoms with Crippen molar-refractivity contribution in [2.75, 3.05) is 19.0 Å². The van der Waals surface area contributed by atoms with Gasteiger partial charge in [-0.25, -0.2) is 13.1 Å². The molecule has 1 amide bonds. The molecule has 152 valence electrons. The van der Waals surface area contributed by atoms with Gasteiger partial charge in [-0.15, -0.1) is 0 Å². The Morgan fingerprint density at radius 3 is 2.66 bits per heavy atom. The lowest BCUT2D eigenvalue weighted by Gasteiger charge is -2.09. The largest absolute Gasteiger partial charge is 0.495 e. The van der Waals surface area contributed by atoms with E-state index in [2.05, 4.69) is 15.0 Å². The number of hydrogen-bond acceptors (Lipinski definition) is 5. The van der Waals surface area contributed by atoms with Gasteiger partial charge in [-0.2, -0.15) is 0 Å². The molecule has 0 aliphatic heterocycles. The highest BCUT2D eigenvalue weighted by atomic mass is 35.5. The number of benzene rings is 2. The number of methoxy groups -OCH3 is 1. The molecule has 0 radical (unpaired) electrons. The van der Waals surface area contributed by atoms with Gasteiger partial charge in [-0.05, 0) is 47.9 Å². The Kier molecular flexibility index (Phi) is 6.21. The zero-order valence-corrected chi connectivity index (χ0v) is 16.9. The number of carbonyl (C=O) groups is 1. The summed E-state index contributed by atoms with van der Waals surface area (Å²) in [5.41, 5.74) is 0.747. The van der Waals surface area contributed by atoms with Crippen LogP contribution >= 0.6 is 11.6 Å². The van der Waals surface area contributed by atoms with Crippen molar-refractivity contribution < 1.29 is 17.9 Å². The molecular weight excluding hydrogens is 418 g/mol. The summed E-state index contributed by atoms with van der Waals surface area (Å²) >= 11 is 6.01. The third-order valence-electron chi connectivity index (χ3n) is 4.09. The van der Waals surface area contributed by atoms with Crippen LogP contribution in [0.3, 0.4) is 0 Å². The molecule has 1 aromatic heterocycles. The topological polar surface area (TPSA) is 117 Å². The second kappa shape index (κ2) is 8.64. The standard InChI is InChI=1S/C19H18ClN3O5S/c1-28-17-6-3-13(11-15(17)20)22-19(25)8-9-21-29(26,27)14-4-5-16-12(10-14)2-7-18(24)23-16/h2-7,10-11,21H,8-9H2,1H3,(H,22,25)(H,23,24). The Morgan fingerprint density at radius 2 is 1.93 bits per heavy atom. The van der Waals surface area contributed by atoms with Crippen molar-refractivity contribution in [2.24, 2.45) is 0 Å². The third kappa shape index (κ3) is 5.14. The number of rotatable bonds is 7. The van der Waals surface area contributed by atoms with Crippen molar-refractivity contribution in [1.82, 2.24) is 9.71 Å². The zero-order chi connectivity index (χ0) is 21.0. The summed E-state index contributed by atoms with van der Waals surface area (Å²) in [5, 5.41) is 3.58. The zero-order valence-electron chi connectivity index (χ0n) is 15.4. The van der Waals surface area contributed by atoms with Crippen molar-refractivity contribution in [3.8, 4) is 5.75 Å². The number of sulfonamides is 1. The molecule has 10 heteroatoms. The highest BCUT2D eigenvalue weighted by Crippen LogP contribution is 2.27. The van der Waals surface area contributed by atoms with E-state index in [0.717, 1.165) is 0 Å². The number of anilines is 1. The first-order valence-corrected chi connectivity index (χ1v) is 10.4. The first-order chi connectivity index (χ1) is 13.8. The van der Waals surface area contributed by atoms with Crippen molar-refractivity contribution >= 4 is 44.1 Å². The van der Waals surface area contributed by atoms with Crippen LogP contribution in [0.2, 0.25) is 5.02 Å². The summed E-state index contributed by atoms with van der Waals surface area (Å²) in [7, 11) is -2.32. The molecule has 0 aliphatic carbocycles. The summed E-state index contributed by atoms with van der Waals surface area (Å²) in [6, 6.07) is 12.0. The lowest BCUT2D eigenvalue weighted by atomic mass is 10.2. The molecule has 0 spiro atoms. The van der Waals surface area contributed by atoms with Crippen LogP contribution in [0.4, 0.5) is 5.69 Å². The van der Waals surface area contributed by atoms with Crippen LogP contribution in [-0.4, -0.2) is 33.0 Å². The first-order valence-electron chi connectivity index (χ1n) is 8.55. The molecule has 0 fully saturated rings. The van der Waals surface area contributed by atoms with Gasteiger partial charge < -0.3 is 15.0 Å². The normalized spacial score (nSPS) is 11.4. The Morgan fingerprint density at radius 1 is 1.14 bits per heavy atom. The lowest BCUT2D eigenvalue weighted by molar-refractivity contribution is -0.116. The molecule has 0 unspecified atom stereocenters. The van der Waals surface area contributed by atoms with Gasteiger partial charge in [0.25, 0.3) is 0 Å². The van der Waals surface area contributed by atoms with E-state index in [1.807, 2.05) is 0 Å². The Labute approximate surface area is 171 Å². The second-order valence-electron chi connectivity index (χ2n) is 6.12. The number of halogens is 1. The highest BCUT2D eigenvalue weighted by Gasteiger charge is 2.15. The van der Waals surface area contributed by atoms with E-state index in [9.17, 15) is 18.0 Å². The highest BCUT2D eigenvalue weighted by molar-refractivity contribution is 7.89. The molecule has 0 bridgehead atoms. The van der Waals surface area contributed by atoms with Crippen LogP contribution < -0.4 is 20.3 Å². The van der Waals surface area contributed by atoms with Crippen LogP contribution in [0.1, 0.15) is 6.42 Å². The molecule has 8 nitrogen and oxygen atoms in total. The predicted octanol–water partition coefficient (Wildman–Crippen LogP) is 2.50. The molecule has 0 saturated carbocycles. The molecule has 2 aromatic carbocycles. The number of nitrogens with one attached hydrogen (secondary N) is 3. The van der Waals surface area contributed by atoms with E-state index in [1.54, 1.807) is 24.3 Å². The smallest absolute Gasteiger partial charge is 0.248 e. The molecule has 1 heterocycles. The number of aromatic nitrogens is 1. The van der Waals surface area contributed by atoms with Gasteiger partial charge in [-0.3, -0.25) is 9.59 Å². The fraction of sp³-hybridized carbons (Fsp3) is 0.158. The number of aromatic amines is 1. The Balaban J connectivity index is 1.60. The number of pyridine rings is 1. The minimum absolute atomic E-state index is 0.0411. The van der Waals surface area contributed by atoms with Crippen molar-refractivity contribution in [3.63, 3.8) is 0 Å². The van der Waals surface area contributed by atoms with Gasteiger partial charge in [0.1, 0.15) is 5.75 Å². The van der Waals surface area contributed by atoms with E-state index in [4.69, 9.17) is 16.3 Å². The van der Waals surface area contributed by atoms with E-state index in [0.29, 0.717) is 27.4 Å². The second-order valence-corrected chi connectivity index (χ2v) is 8.29. The number of amides is 1. The number of hydrogen-bond donors (Lipinski definition) is 3. The van der Waals surface area contributed by atoms with Crippen LogP contribution in [0, 0.1) is 0 Å². The number of H-pyrrole nitrogens is 1. The van der Waals surface area contributed by atoms with E-state index in [1.165, 1.54) is 31.4 Å². The Bertz CT molecular complexity index is 1220. The van der Waals surface area contributed by atoms with Gasteiger partial charge in [0, 0.05) is 30.2 Å². The van der Waals surface area contributed by atoms with Gasteiger partial charge in [0.05, 0.1) is 17.0 Å². The summed E-state index contributed by atoms with van der Waals surface area (Å²) < 4.78 is 32.3. The fourth-order valence-corrected chi connectivity index (χ4v) is 3.97. The predicted molar refractivity (Wildman–Crippen MR) is 111 cm³/mol. The minimum atomic E-state index is -3.81. The van der Waals surface area contributed by atoms with Crippen LogP contribution in [0.15, 0.2) is 58.2 Å². The molecule has 0 aliphatic rings. The molecule has 29 heavy (non-hydrogen) atoms. The van der Waals surface area contributed by atoms with E-state index >= 15 is 0 Å². The quantitative estimate of drug-likeness (QED) is 0.527. The van der Waals surface area contributed by atoms with Crippen LogP contribution in [0.5, 0.6) is 5.75 Å². The number of carbonyl (C=O) groups excluding carboxylic acids is 1. The summed E-state index contributed by atoms with van der Waals surface area (Å²) in [5.74, 6) is 0.113. The third-order valence-corrected chi connectivity index (χ3v) is 5.84. The van der Waals surface area contributed by atoms with Gasteiger partial charge in [0.2, 0.25) is 21.5 Å². The maximum atomic E-state index is 12.5. The molecule has 3 rings (SSSR count). The summed E-state index contributed by atoms with van der Waals surface area (Å²) in [6.45, 7) is -0.0816. The maximum Gasteiger partial charge on any atom is 0.248 e. The number of ether oxygens (including phenoxy) is 1. The summed E-state index contributed by atoms with van der Waals surface area (Å²) in [4.78, 5) is 26.0. The summed E-state index contributed by atoms with van der Waals surface area (Å²) in [6.07, 6.45) is -0.0657. The fourth-order valence-electron chi connectivity index (χ4n) is 2.65. The first kappa shape index (κ1) is 20.8. The van der Waals surface area contributed by atoms with Crippen LogP contribution in [-0.2, 0) is 14.8 Å².